The zero-order valence-electron chi connectivity index (χ0n) is 18.8. The molecular formula is C22H32N4O3S2. The first-order valence-electron chi connectivity index (χ1n) is 11.1. The number of carbonyl (C=O) groups excluding carboxylic acids is 2. The third-order valence-corrected chi connectivity index (χ3v) is 7.37. The fourth-order valence-corrected chi connectivity index (χ4v) is 5.88. The van der Waals surface area contributed by atoms with E-state index in [0.717, 1.165) is 55.2 Å². The van der Waals surface area contributed by atoms with Crippen molar-refractivity contribution in [2.24, 2.45) is 0 Å². The van der Waals surface area contributed by atoms with Gasteiger partial charge in [-0.25, -0.2) is 4.79 Å². The van der Waals surface area contributed by atoms with Crippen LogP contribution in [0.2, 0.25) is 0 Å². The van der Waals surface area contributed by atoms with E-state index >= 15 is 0 Å². The Balaban J connectivity index is 1.74. The zero-order valence-corrected chi connectivity index (χ0v) is 20.5. The molecule has 0 bridgehead atoms. The lowest BCUT2D eigenvalue weighted by Gasteiger charge is -2.11. The molecule has 2 aromatic heterocycles. The van der Waals surface area contributed by atoms with Crippen LogP contribution in [0.25, 0.3) is 0 Å². The van der Waals surface area contributed by atoms with Crippen LogP contribution in [-0.2, 0) is 28.9 Å². The number of thioether (sulfide) groups is 1. The van der Waals surface area contributed by atoms with Crippen LogP contribution in [0.3, 0.4) is 0 Å². The Kier molecular flexibility index (Phi) is 8.54. The Hall–Kier alpha value is -1.87. The summed E-state index contributed by atoms with van der Waals surface area (Å²) in [6, 6.07) is 0. The van der Waals surface area contributed by atoms with Gasteiger partial charge in [-0.2, -0.15) is 0 Å². The number of rotatable bonds is 9. The van der Waals surface area contributed by atoms with Gasteiger partial charge in [0, 0.05) is 17.3 Å². The lowest BCUT2D eigenvalue weighted by molar-refractivity contribution is -0.113. The van der Waals surface area contributed by atoms with Gasteiger partial charge >= 0.3 is 5.97 Å². The molecule has 1 aliphatic rings. The summed E-state index contributed by atoms with van der Waals surface area (Å²) in [6.45, 7) is 9.25. The number of nitrogens with zero attached hydrogens (tertiary/aromatic N) is 3. The zero-order chi connectivity index (χ0) is 22.4. The van der Waals surface area contributed by atoms with Gasteiger partial charge in [0.1, 0.15) is 10.8 Å². The van der Waals surface area contributed by atoms with Gasteiger partial charge in [0.2, 0.25) is 5.91 Å². The summed E-state index contributed by atoms with van der Waals surface area (Å²) in [6.07, 6.45) is 6.13. The molecule has 0 radical (unpaired) electrons. The first-order valence-corrected chi connectivity index (χ1v) is 12.9. The summed E-state index contributed by atoms with van der Waals surface area (Å²) in [4.78, 5) is 26.6. The Labute approximate surface area is 192 Å². The Bertz CT molecular complexity index is 920. The van der Waals surface area contributed by atoms with Crippen molar-refractivity contribution in [1.29, 1.82) is 0 Å². The second-order valence-corrected chi connectivity index (χ2v) is 10.0. The van der Waals surface area contributed by atoms with E-state index in [9.17, 15) is 9.59 Å². The van der Waals surface area contributed by atoms with Crippen LogP contribution >= 0.6 is 23.1 Å². The quantitative estimate of drug-likeness (QED) is 0.317. The highest BCUT2D eigenvalue weighted by Crippen LogP contribution is 2.38. The van der Waals surface area contributed by atoms with Gasteiger partial charge in [-0.1, -0.05) is 39.0 Å². The van der Waals surface area contributed by atoms with E-state index in [4.69, 9.17) is 4.74 Å². The molecule has 1 N–H and O–H groups in total. The third-order valence-electron chi connectivity index (χ3n) is 5.20. The van der Waals surface area contributed by atoms with Crippen molar-refractivity contribution in [3.05, 3.63) is 21.8 Å². The topological polar surface area (TPSA) is 86.1 Å². The maximum Gasteiger partial charge on any atom is 0.341 e. The van der Waals surface area contributed by atoms with Crippen molar-refractivity contribution >= 4 is 40.0 Å². The maximum absolute atomic E-state index is 12.8. The number of ether oxygens (including phenoxy) is 1. The molecule has 2 aromatic rings. The molecule has 0 saturated heterocycles. The van der Waals surface area contributed by atoms with Crippen LogP contribution in [0.15, 0.2) is 5.16 Å². The lowest BCUT2D eigenvalue weighted by atomic mass is 10.1. The number of aryl methyl sites for hydroxylation is 1. The molecule has 1 aliphatic carbocycles. The minimum atomic E-state index is -0.339. The largest absolute Gasteiger partial charge is 0.462 e. The summed E-state index contributed by atoms with van der Waals surface area (Å²) in [7, 11) is 0. The first kappa shape index (κ1) is 23.8. The van der Waals surface area contributed by atoms with Crippen LogP contribution in [-0.4, -0.2) is 39.0 Å². The van der Waals surface area contributed by atoms with Crippen molar-refractivity contribution < 1.29 is 14.3 Å². The third kappa shape index (κ3) is 5.68. The maximum atomic E-state index is 12.8. The number of amides is 1. The van der Waals surface area contributed by atoms with E-state index in [1.54, 1.807) is 6.92 Å². The Morgan fingerprint density at radius 1 is 1.19 bits per heavy atom. The van der Waals surface area contributed by atoms with Crippen LogP contribution in [0, 0.1) is 0 Å². The molecule has 9 heteroatoms. The molecule has 31 heavy (non-hydrogen) atoms. The van der Waals surface area contributed by atoms with Gasteiger partial charge in [-0.15, -0.1) is 21.5 Å². The number of hydrogen-bond donors (Lipinski definition) is 1. The molecule has 1 amide bonds. The van der Waals surface area contributed by atoms with Gasteiger partial charge < -0.3 is 14.6 Å². The number of nitrogens with one attached hydrogen (secondary N) is 1. The van der Waals surface area contributed by atoms with Gasteiger partial charge in [-0.3, -0.25) is 4.79 Å². The number of aromatic nitrogens is 3. The van der Waals surface area contributed by atoms with Crippen molar-refractivity contribution in [2.45, 2.75) is 83.8 Å². The number of esters is 1. The highest BCUT2D eigenvalue weighted by atomic mass is 32.2. The van der Waals surface area contributed by atoms with Crippen LogP contribution in [0.1, 0.15) is 85.9 Å². The summed E-state index contributed by atoms with van der Waals surface area (Å²) < 4.78 is 7.40. The minimum Gasteiger partial charge on any atom is -0.462 e. The summed E-state index contributed by atoms with van der Waals surface area (Å²) >= 11 is 2.90. The summed E-state index contributed by atoms with van der Waals surface area (Å²) in [5.74, 6) is 0.940. The molecule has 0 aliphatic heterocycles. The predicted octanol–water partition coefficient (Wildman–Crippen LogP) is 5.05. The monoisotopic (exact) mass is 464 g/mol. The summed E-state index contributed by atoms with van der Waals surface area (Å²) in [5.41, 5.74) is 1.62. The molecule has 2 heterocycles. The normalized spacial score (nSPS) is 13.7. The smallest absolute Gasteiger partial charge is 0.341 e. The van der Waals surface area contributed by atoms with E-state index in [1.807, 2.05) is 0 Å². The first-order chi connectivity index (χ1) is 15.0. The number of anilines is 1. The Morgan fingerprint density at radius 2 is 1.97 bits per heavy atom. The number of hydrogen-bond acceptors (Lipinski definition) is 7. The van der Waals surface area contributed by atoms with Crippen LogP contribution < -0.4 is 5.32 Å². The number of fused-ring (bicyclic) bond motifs is 1. The van der Waals surface area contributed by atoms with E-state index < -0.39 is 0 Å². The predicted molar refractivity (Wildman–Crippen MR) is 125 cm³/mol. The van der Waals surface area contributed by atoms with Crippen molar-refractivity contribution in [3.8, 4) is 0 Å². The van der Waals surface area contributed by atoms with Crippen LogP contribution in [0.4, 0.5) is 5.00 Å². The number of thiophene rings is 1. The van der Waals surface area contributed by atoms with E-state index in [1.165, 1.54) is 34.4 Å². The van der Waals surface area contributed by atoms with Crippen molar-refractivity contribution in [3.63, 3.8) is 0 Å². The van der Waals surface area contributed by atoms with Gasteiger partial charge in [0.05, 0.1) is 17.9 Å². The highest BCUT2D eigenvalue weighted by Gasteiger charge is 2.27. The Morgan fingerprint density at radius 3 is 2.68 bits per heavy atom. The van der Waals surface area contributed by atoms with Crippen LogP contribution in [0.5, 0.6) is 0 Å². The summed E-state index contributed by atoms with van der Waals surface area (Å²) in [5, 5.41) is 13.0. The van der Waals surface area contributed by atoms with E-state index in [0.29, 0.717) is 17.2 Å². The highest BCUT2D eigenvalue weighted by molar-refractivity contribution is 7.99. The lowest BCUT2D eigenvalue weighted by Crippen LogP contribution is -2.17. The van der Waals surface area contributed by atoms with Crippen molar-refractivity contribution in [1.82, 2.24) is 14.8 Å². The molecular weight excluding hydrogens is 432 g/mol. The second kappa shape index (κ2) is 11.1. The molecule has 0 saturated carbocycles. The second-order valence-electron chi connectivity index (χ2n) is 7.97. The fourth-order valence-electron chi connectivity index (χ4n) is 3.81. The SMILES string of the molecule is CCCn1c(SCC(=O)Nc2sc3c(c2C(=O)OCC)CCCCC3)nnc1C(C)C. The molecule has 7 nitrogen and oxygen atoms in total. The molecule has 0 unspecified atom stereocenters. The van der Waals surface area contributed by atoms with E-state index in [2.05, 4.69) is 40.9 Å². The molecule has 0 aromatic carbocycles. The number of carbonyl (C=O) groups is 2. The fraction of sp³-hybridized carbons (Fsp3) is 0.636. The molecule has 0 fully saturated rings. The molecule has 170 valence electrons. The van der Waals surface area contributed by atoms with E-state index in [-0.39, 0.29) is 23.5 Å². The average Bonchev–Trinajstić information content (AvgIpc) is 3.20. The molecule has 3 rings (SSSR count). The molecule has 0 spiro atoms. The molecule has 0 atom stereocenters. The van der Waals surface area contributed by atoms with Gasteiger partial charge in [0.25, 0.3) is 0 Å². The standard InChI is InChI=1S/C22H32N4O3S2/c1-5-12-26-19(14(3)4)24-25-22(26)30-13-17(27)23-20-18(21(28)29-6-2)15-10-8-7-9-11-16(15)31-20/h14H,5-13H2,1-4H3,(H,23,27). The van der Waals surface area contributed by atoms with Gasteiger partial charge in [0.15, 0.2) is 5.16 Å². The average molecular weight is 465 g/mol. The minimum absolute atomic E-state index is 0.149. The van der Waals surface area contributed by atoms with Gasteiger partial charge in [-0.05, 0) is 44.6 Å². The van der Waals surface area contributed by atoms with Crippen molar-refractivity contribution in [2.75, 3.05) is 17.7 Å².